The van der Waals surface area contributed by atoms with Crippen LogP contribution in [0, 0.1) is 23.7 Å². The zero-order chi connectivity index (χ0) is 58.2. The van der Waals surface area contributed by atoms with E-state index in [9.17, 15) is 0 Å². The van der Waals surface area contributed by atoms with Crippen LogP contribution in [0.2, 0.25) is 0 Å². The maximum absolute atomic E-state index is 6.48. The minimum atomic E-state index is 0.317. The Morgan fingerprint density at radius 2 is 0.573 bits per heavy atom. The Morgan fingerprint density at radius 3 is 0.890 bits per heavy atom. The first-order valence-corrected chi connectivity index (χ1v) is 28.2. The molecule has 0 fully saturated rings. The Bertz CT molecular complexity index is 2550. The summed E-state index contributed by atoms with van der Waals surface area (Å²) in [5.41, 5.74) is 5.02. The van der Waals surface area contributed by atoms with E-state index in [-0.39, 0.29) is 0 Å². The van der Waals surface area contributed by atoms with E-state index in [1.54, 1.807) is 18.2 Å². The van der Waals surface area contributed by atoms with Crippen molar-refractivity contribution in [3.63, 3.8) is 0 Å². The quantitative estimate of drug-likeness (QED) is 0.0103. The molecule has 0 spiro atoms. The van der Waals surface area contributed by atoms with Crippen LogP contribution >= 0.6 is 0 Å². The van der Waals surface area contributed by atoms with Crippen molar-refractivity contribution in [3.05, 3.63) is 172 Å². The molecule has 0 bridgehead atoms. The first-order valence-electron chi connectivity index (χ1n) is 28.2. The average molecular weight is 1130 g/mol. The molecule has 4 aromatic carbocycles. The summed E-state index contributed by atoms with van der Waals surface area (Å²) in [6.45, 7) is 28.2. The van der Waals surface area contributed by atoms with Gasteiger partial charge in [0, 0.05) is 11.1 Å². The second kappa shape index (κ2) is 45.1. The van der Waals surface area contributed by atoms with Crippen LogP contribution in [-0.4, -0.2) is 99.1 Å². The highest BCUT2D eigenvalue weighted by Crippen LogP contribution is 2.42. The average Bonchev–Trinajstić information content (AvgIpc) is 3.67. The van der Waals surface area contributed by atoms with Crippen LogP contribution < -0.4 is 28.4 Å². The summed E-state index contributed by atoms with van der Waals surface area (Å²) < 4.78 is 54.4. The van der Waals surface area contributed by atoms with E-state index >= 15 is 0 Å². The van der Waals surface area contributed by atoms with Crippen LogP contribution in [0.4, 0.5) is 0 Å². The van der Waals surface area contributed by atoms with Gasteiger partial charge in [0.25, 0.3) is 0 Å². The molecule has 0 radical (unpaired) electrons. The largest absolute Gasteiger partial charge is 0.502 e. The van der Waals surface area contributed by atoms with Crippen LogP contribution in [0.25, 0.3) is 11.1 Å². The van der Waals surface area contributed by atoms with Gasteiger partial charge >= 0.3 is 0 Å². The fourth-order valence-electron chi connectivity index (χ4n) is 7.27. The van der Waals surface area contributed by atoms with E-state index in [0.29, 0.717) is 170 Å². The molecule has 0 aliphatic carbocycles. The predicted octanol–water partition coefficient (Wildman–Crippen LogP) is 14.0. The Hall–Kier alpha value is -7.60. The first-order chi connectivity index (χ1) is 40.6. The Labute approximate surface area is 487 Å². The van der Waals surface area contributed by atoms with Crippen molar-refractivity contribution < 1.29 is 72.0 Å². The SMILES string of the molecule is C=CCOOCCCCOc1ccc(C#Cc2ccc(-c3ccc(C#Cc4ccc(OCCCCOC=C)c(OCCCCOC=C)c4OCCCCOOCC=C)cc3)cc2)c(OCCCCOC=C)c1OCCCCOOCC=C. The minimum absolute atomic E-state index is 0.317. The van der Waals surface area contributed by atoms with Gasteiger partial charge in [0.15, 0.2) is 23.0 Å². The number of hydrogen-bond acceptors (Lipinski definition) is 15. The number of ether oxygens (including phenoxy) is 9. The van der Waals surface area contributed by atoms with Crippen LogP contribution in [0.1, 0.15) is 99.3 Å². The molecule has 0 atom stereocenters. The van der Waals surface area contributed by atoms with E-state index in [1.807, 2.05) is 48.5 Å². The predicted molar refractivity (Wildman–Crippen MR) is 320 cm³/mol. The molecule has 0 amide bonds. The standard InChI is InChI=1S/C67H84O15/c1-7-41-77-80-53-22-19-48-72-63-40-38-60(64(73-49-17-14-45-69-11-5)67(63)76-52-21-24-55-82-79-43-9-3)35-29-56-25-31-58(32-26-56)59-33-27-57(28-34-59)30-36-61-37-39-62(71-47-16-13-44-68-10-4)66(75-51-18-15-46-70-12-6)65(61)74-50-20-23-54-81-78-42-8-2/h7-12,25-28,31-34,37-40H,1-6,13-24,41-55H2. The van der Waals surface area contributed by atoms with Gasteiger partial charge in [-0.1, -0.05) is 85.9 Å². The lowest BCUT2D eigenvalue weighted by Crippen LogP contribution is -2.08. The third-order valence-corrected chi connectivity index (χ3v) is 11.4. The summed E-state index contributed by atoms with van der Waals surface area (Å²) in [6, 6.07) is 23.8. The molecule has 4 rings (SSSR count). The van der Waals surface area contributed by atoms with Gasteiger partial charge in [0.1, 0.15) is 19.8 Å². The monoisotopic (exact) mass is 1130 g/mol. The molecule has 0 aromatic heterocycles. The van der Waals surface area contributed by atoms with Gasteiger partial charge in [-0.05, 0) is 137 Å². The molecular weight excluding hydrogens is 1040 g/mol. The molecule has 4 aromatic rings. The smallest absolute Gasteiger partial charge is 0.204 e. The number of unbranched alkanes of at least 4 members (excludes halogenated alkanes) is 6. The van der Waals surface area contributed by atoms with Gasteiger partial charge in [0.2, 0.25) is 11.5 Å². The summed E-state index contributed by atoms with van der Waals surface area (Å²) in [6.07, 6.45) is 18.2. The fraction of sp³-hybridized carbons (Fsp3) is 0.403. The van der Waals surface area contributed by atoms with Crippen LogP contribution in [0.15, 0.2) is 149 Å². The lowest BCUT2D eigenvalue weighted by Gasteiger charge is -2.18. The number of rotatable bonds is 49. The van der Waals surface area contributed by atoms with Gasteiger partial charge in [-0.25, -0.2) is 29.3 Å². The van der Waals surface area contributed by atoms with E-state index in [0.717, 1.165) is 73.6 Å². The maximum Gasteiger partial charge on any atom is 0.204 e. The van der Waals surface area contributed by atoms with Crippen molar-refractivity contribution in [2.24, 2.45) is 0 Å². The topological polar surface area (TPSA) is 138 Å². The maximum atomic E-state index is 6.48. The highest BCUT2D eigenvalue weighted by atomic mass is 17.2. The van der Waals surface area contributed by atoms with Crippen molar-refractivity contribution in [3.8, 4) is 69.3 Å². The van der Waals surface area contributed by atoms with Gasteiger partial charge in [0.05, 0.1) is 109 Å². The van der Waals surface area contributed by atoms with Crippen molar-refractivity contribution in [2.45, 2.75) is 77.0 Å². The summed E-state index contributed by atoms with van der Waals surface area (Å²) in [5.74, 6) is 16.6. The molecule has 15 nitrogen and oxygen atoms in total. The molecule has 0 saturated carbocycles. The van der Waals surface area contributed by atoms with E-state index < -0.39 is 0 Å². The molecule has 0 saturated heterocycles. The van der Waals surface area contributed by atoms with Crippen molar-refractivity contribution in [1.29, 1.82) is 0 Å². The van der Waals surface area contributed by atoms with Crippen LogP contribution in [0.3, 0.4) is 0 Å². The second-order valence-corrected chi connectivity index (χ2v) is 17.8. The highest BCUT2D eigenvalue weighted by Gasteiger charge is 2.20. The third-order valence-electron chi connectivity index (χ3n) is 11.4. The molecular formula is C67H84O15. The number of hydrogen-bond donors (Lipinski definition) is 0. The molecule has 15 heteroatoms. The van der Waals surface area contributed by atoms with E-state index in [2.05, 4.69) is 87.4 Å². The molecule has 0 heterocycles. The van der Waals surface area contributed by atoms with E-state index in [4.69, 9.17) is 72.0 Å². The summed E-state index contributed by atoms with van der Waals surface area (Å²) >= 11 is 0. The lowest BCUT2D eigenvalue weighted by molar-refractivity contribution is -0.286. The second-order valence-electron chi connectivity index (χ2n) is 17.8. The van der Waals surface area contributed by atoms with Gasteiger partial charge in [-0.3, -0.25) is 0 Å². The summed E-state index contributed by atoms with van der Waals surface area (Å²) in [5, 5.41) is 0. The van der Waals surface area contributed by atoms with E-state index in [1.165, 1.54) is 18.8 Å². The molecule has 0 N–H and O–H groups in total. The van der Waals surface area contributed by atoms with Gasteiger partial charge in [-0.2, -0.15) is 0 Å². The Balaban J connectivity index is 1.56. The van der Waals surface area contributed by atoms with Crippen LogP contribution in [-0.2, 0) is 43.5 Å². The molecule has 0 aliphatic heterocycles. The fourth-order valence-corrected chi connectivity index (χ4v) is 7.27. The first kappa shape index (κ1) is 66.9. The normalized spacial score (nSPS) is 10.4. The van der Waals surface area contributed by atoms with Gasteiger partial charge in [-0.15, -0.1) is 19.7 Å². The van der Waals surface area contributed by atoms with Crippen LogP contribution in [0.5, 0.6) is 34.5 Å². The van der Waals surface area contributed by atoms with Gasteiger partial charge < -0.3 is 42.6 Å². The van der Waals surface area contributed by atoms with Crippen molar-refractivity contribution in [1.82, 2.24) is 0 Å². The Morgan fingerprint density at radius 1 is 0.280 bits per heavy atom. The lowest BCUT2D eigenvalue weighted by atomic mass is 10.0. The number of benzene rings is 4. The summed E-state index contributed by atoms with van der Waals surface area (Å²) in [4.78, 5) is 30.9. The molecule has 0 aliphatic rings. The summed E-state index contributed by atoms with van der Waals surface area (Å²) in [7, 11) is 0. The molecule has 82 heavy (non-hydrogen) atoms. The van der Waals surface area contributed by atoms with Crippen molar-refractivity contribution >= 4 is 0 Å². The highest BCUT2D eigenvalue weighted by molar-refractivity contribution is 5.67. The zero-order valence-corrected chi connectivity index (χ0v) is 47.9. The Kier molecular flexibility index (Phi) is 36.8. The zero-order valence-electron chi connectivity index (χ0n) is 47.9. The third kappa shape index (κ3) is 28.2. The minimum Gasteiger partial charge on any atom is -0.502 e. The van der Waals surface area contributed by atoms with Crippen molar-refractivity contribution in [2.75, 3.05) is 99.1 Å². The molecule has 442 valence electrons. The molecule has 0 unspecified atom stereocenters.